The van der Waals surface area contributed by atoms with Crippen LogP contribution in [0.25, 0.3) is 0 Å². The van der Waals surface area contributed by atoms with E-state index in [1.165, 1.54) is 17.1 Å². The minimum atomic E-state index is -0.469. The zero-order chi connectivity index (χ0) is 11.5. The van der Waals surface area contributed by atoms with Crippen LogP contribution in [0.2, 0.25) is 0 Å². The van der Waals surface area contributed by atoms with E-state index >= 15 is 0 Å². The zero-order valence-electron chi connectivity index (χ0n) is 8.57. The first-order chi connectivity index (χ1) is 7.70. The SMILES string of the molecule is O=NN(CC1CC1)c1ccc([N+](=O)[O-])cc1. The van der Waals surface area contributed by atoms with E-state index < -0.39 is 4.92 Å². The van der Waals surface area contributed by atoms with E-state index in [0.717, 1.165) is 12.8 Å². The lowest BCUT2D eigenvalue weighted by Gasteiger charge is -2.13. The van der Waals surface area contributed by atoms with Crippen molar-refractivity contribution in [3.05, 3.63) is 39.3 Å². The van der Waals surface area contributed by atoms with Gasteiger partial charge < -0.3 is 0 Å². The third kappa shape index (κ3) is 2.33. The molecule has 0 radical (unpaired) electrons. The number of benzene rings is 1. The quantitative estimate of drug-likeness (QED) is 0.435. The number of rotatable bonds is 5. The lowest BCUT2D eigenvalue weighted by molar-refractivity contribution is -0.384. The summed E-state index contributed by atoms with van der Waals surface area (Å²) in [6.45, 7) is 0.599. The third-order valence-corrected chi connectivity index (χ3v) is 2.59. The van der Waals surface area contributed by atoms with E-state index in [-0.39, 0.29) is 5.69 Å². The fraction of sp³-hybridized carbons (Fsp3) is 0.400. The monoisotopic (exact) mass is 221 g/mol. The molecular formula is C10H11N3O3. The van der Waals surface area contributed by atoms with Gasteiger partial charge in [0.15, 0.2) is 0 Å². The Morgan fingerprint density at radius 1 is 1.38 bits per heavy atom. The van der Waals surface area contributed by atoms with Crippen LogP contribution >= 0.6 is 0 Å². The largest absolute Gasteiger partial charge is 0.269 e. The van der Waals surface area contributed by atoms with Crippen LogP contribution in [0.4, 0.5) is 11.4 Å². The Hall–Kier alpha value is -1.98. The van der Waals surface area contributed by atoms with E-state index in [2.05, 4.69) is 5.29 Å². The van der Waals surface area contributed by atoms with Crippen molar-refractivity contribution in [3.8, 4) is 0 Å². The van der Waals surface area contributed by atoms with Crippen molar-refractivity contribution in [1.82, 2.24) is 0 Å². The van der Waals surface area contributed by atoms with Crippen LogP contribution in [0, 0.1) is 20.9 Å². The summed E-state index contributed by atoms with van der Waals surface area (Å²) < 4.78 is 0. The molecule has 1 saturated carbocycles. The number of anilines is 1. The van der Waals surface area contributed by atoms with Gasteiger partial charge in [0.25, 0.3) is 5.69 Å². The Balaban J connectivity index is 2.11. The number of hydrogen-bond donors (Lipinski definition) is 0. The summed E-state index contributed by atoms with van der Waals surface area (Å²) in [7, 11) is 0. The molecule has 0 heterocycles. The van der Waals surface area contributed by atoms with Crippen LogP contribution in [0.3, 0.4) is 0 Å². The smallest absolute Gasteiger partial charge is 0.258 e. The molecule has 0 saturated heterocycles. The number of nitrogens with zero attached hydrogens (tertiary/aromatic N) is 3. The second-order valence-corrected chi connectivity index (χ2v) is 3.88. The molecule has 0 bridgehead atoms. The fourth-order valence-electron chi connectivity index (χ4n) is 1.48. The van der Waals surface area contributed by atoms with Crippen molar-refractivity contribution in [2.24, 2.45) is 11.2 Å². The highest BCUT2D eigenvalue weighted by Crippen LogP contribution is 2.31. The minimum absolute atomic E-state index is 0.0148. The van der Waals surface area contributed by atoms with Gasteiger partial charge in [-0.2, -0.15) is 0 Å². The van der Waals surface area contributed by atoms with Crippen molar-refractivity contribution in [2.45, 2.75) is 12.8 Å². The van der Waals surface area contributed by atoms with Gasteiger partial charge in [0, 0.05) is 18.7 Å². The van der Waals surface area contributed by atoms with Gasteiger partial charge in [-0.15, -0.1) is 4.91 Å². The first-order valence-corrected chi connectivity index (χ1v) is 5.06. The van der Waals surface area contributed by atoms with E-state index in [1.807, 2.05) is 0 Å². The van der Waals surface area contributed by atoms with Crippen molar-refractivity contribution in [1.29, 1.82) is 0 Å². The van der Waals surface area contributed by atoms with Crippen molar-refractivity contribution < 1.29 is 4.92 Å². The molecule has 0 atom stereocenters. The van der Waals surface area contributed by atoms with Gasteiger partial charge in [-0.3, -0.25) is 10.1 Å². The van der Waals surface area contributed by atoms with Crippen molar-refractivity contribution in [2.75, 3.05) is 11.6 Å². The van der Waals surface area contributed by atoms with Crippen molar-refractivity contribution >= 4 is 11.4 Å². The Bertz CT molecular complexity index is 400. The topological polar surface area (TPSA) is 75.8 Å². The first-order valence-electron chi connectivity index (χ1n) is 5.06. The fourth-order valence-corrected chi connectivity index (χ4v) is 1.48. The van der Waals surface area contributed by atoms with E-state index in [9.17, 15) is 15.0 Å². The molecular weight excluding hydrogens is 210 g/mol. The molecule has 6 heteroatoms. The highest BCUT2D eigenvalue weighted by Gasteiger charge is 2.25. The maximum absolute atomic E-state index is 10.6. The molecule has 1 aromatic rings. The molecule has 6 nitrogen and oxygen atoms in total. The molecule has 84 valence electrons. The predicted molar refractivity (Wildman–Crippen MR) is 59.0 cm³/mol. The maximum Gasteiger partial charge on any atom is 0.269 e. The molecule has 0 spiro atoms. The maximum atomic E-state index is 10.6. The van der Waals surface area contributed by atoms with Gasteiger partial charge in [-0.25, -0.2) is 5.01 Å². The molecule has 0 aliphatic heterocycles. The molecule has 1 aliphatic rings. The minimum Gasteiger partial charge on any atom is -0.258 e. The molecule has 0 unspecified atom stereocenters. The van der Waals surface area contributed by atoms with Gasteiger partial charge in [0.2, 0.25) is 0 Å². The molecule has 1 aromatic carbocycles. The van der Waals surface area contributed by atoms with Gasteiger partial charge in [-0.05, 0) is 30.9 Å². The molecule has 0 N–H and O–H groups in total. The van der Waals surface area contributed by atoms with Gasteiger partial charge in [0.1, 0.15) is 0 Å². The molecule has 2 rings (SSSR count). The number of hydrogen-bond acceptors (Lipinski definition) is 4. The normalized spacial score (nSPS) is 14.5. The lowest BCUT2D eigenvalue weighted by atomic mass is 10.2. The second-order valence-electron chi connectivity index (χ2n) is 3.88. The van der Waals surface area contributed by atoms with Crippen LogP contribution in [0.1, 0.15) is 12.8 Å². The molecule has 0 aromatic heterocycles. The Morgan fingerprint density at radius 2 is 2.00 bits per heavy atom. The summed E-state index contributed by atoms with van der Waals surface area (Å²) in [4.78, 5) is 20.6. The number of nitro groups is 1. The molecule has 0 amide bonds. The van der Waals surface area contributed by atoms with E-state index in [4.69, 9.17) is 0 Å². The number of nitro benzene ring substituents is 1. The zero-order valence-corrected chi connectivity index (χ0v) is 8.57. The highest BCUT2D eigenvalue weighted by molar-refractivity contribution is 5.50. The van der Waals surface area contributed by atoms with E-state index in [0.29, 0.717) is 18.2 Å². The highest BCUT2D eigenvalue weighted by atomic mass is 16.6. The van der Waals surface area contributed by atoms with Gasteiger partial charge >= 0.3 is 0 Å². The van der Waals surface area contributed by atoms with Gasteiger partial charge in [0.05, 0.1) is 15.9 Å². The van der Waals surface area contributed by atoms with Crippen LogP contribution in [0.5, 0.6) is 0 Å². The van der Waals surface area contributed by atoms with Crippen LogP contribution < -0.4 is 5.01 Å². The third-order valence-electron chi connectivity index (χ3n) is 2.59. The first kappa shape index (κ1) is 10.5. The lowest BCUT2D eigenvalue weighted by Crippen LogP contribution is -2.18. The second kappa shape index (κ2) is 4.26. The van der Waals surface area contributed by atoms with Gasteiger partial charge in [-0.1, -0.05) is 0 Å². The molecule has 16 heavy (non-hydrogen) atoms. The van der Waals surface area contributed by atoms with E-state index in [1.54, 1.807) is 12.1 Å². The van der Waals surface area contributed by atoms with Crippen LogP contribution in [0.15, 0.2) is 29.6 Å². The summed E-state index contributed by atoms with van der Waals surface area (Å²) in [5.41, 5.74) is 0.619. The Kier molecular flexibility index (Phi) is 2.80. The molecule has 1 fully saturated rings. The average molecular weight is 221 g/mol. The number of nitroso groups, excluding NO2 is 1. The molecule has 1 aliphatic carbocycles. The Labute approximate surface area is 92.0 Å². The average Bonchev–Trinajstić information content (AvgIpc) is 3.10. The summed E-state index contributed by atoms with van der Waals surface area (Å²) in [5.74, 6) is 0.535. The standard InChI is InChI=1S/C10H11N3O3/c14-11-12(7-8-1-2-8)9-3-5-10(6-4-9)13(15)16/h3-6,8H,1-2,7H2. The van der Waals surface area contributed by atoms with Crippen molar-refractivity contribution in [3.63, 3.8) is 0 Å². The summed E-state index contributed by atoms with van der Waals surface area (Å²) >= 11 is 0. The predicted octanol–water partition coefficient (Wildman–Crippen LogP) is 2.49. The Morgan fingerprint density at radius 3 is 2.44 bits per heavy atom. The summed E-state index contributed by atoms with van der Waals surface area (Å²) in [6, 6.07) is 5.84. The van der Waals surface area contributed by atoms with Crippen LogP contribution in [-0.2, 0) is 0 Å². The number of non-ortho nitro benzene ring substituents is 1. The summed E-state index contributed by atoms with van der Waals surface area (Å²) in [6.07, 6.45) is 2.25. The van der Waals surface area contributed by atoms with Crippen LogP contribution in [-0.4, -0.2) is 11.5 Å². The summed E-state index contributed by atoms with van der Waals surface area (Å²) in [5, 5.41) is 14.7.